The van der Waals surface area contributed by atoms with Gasteiger partial charge in [0.05, 0.1) is 11.5 Å². The first kappa shape index (κ1) is 14.3. The Morgan fingerprint density at radius 3 is 2.75 bits per heavy atom. The quantitative estimate of drug-likeness (QED) is 0.621. The van der Waals surface area contributed by atoms with E-state index in [9.17, 15) is 14.4 Å². The smallest absolute Gasteiger partial charge is 0.326 e. The molecule has 0 atom stereocenters. The van der Waals surface area contributed by atoms with E-state index >= 15 is 0 Å². The van der Waals surface area contributed by atoms with Crippen LogP contribution in [0.15, 0.2) is 29.4 Å². The van der Waals surface area contributed by atoms with Crippen molar-refractivity contribution in [2.45, 2.75) is 6.92 Å². The highest BCUT2D eigenvalue weighted by molar-refractivity contribution is 8.18. The molecule has 1 aliphatic rings. The molecular weight excluding hydrogens is 280 g/mol. The number of carbonyl (C=O) groups excluding carboxylic acids is 3. The summed E-state index contributed by atoms with van der Waals surface area (Å²) in [6.07, 6.45) is 4.78. The molecule has 104 valence electrons. The zero-order chi connectivity index (χ0) is 14.5. The van der Waals surface area contributed by atoms with Crippen molar-refractivity contribution in [1.82, 2.24) is 9.88 Å². The molecule has 0 saturated carbocycles. The van der Waals surface area contributed by atoms with Crippen molar-refractivity contribution in [3.63, 3.8) is 0 Å². The van der Waals surface area contributed by atoms with Crippen LogP contribution in [0, 0.1) is 0 Å². The van der Waals surface area contributed by atoms with Crippen LogP contribution in [0.2, 0.25) is 0 Å². The maximum absolute atomic E-state index is 12.1. The van der Waals surface area contributed by atoms with Crippen LogP contribution in [0.3, 0.4) is 0 Å². The van der Waals surface area contributed by atoms with Crippen molar-refractivity contribution in [1.29, 1.82) is 0 Å². The van der Waals surface area contributed by atoms with E-state index in [1.807, 2.05) is 0 Å². The summed E-state index contributed by atoms with van der Waals surface area (Å²) in [6.45, 7) is 1.52. The number of aromatic nitrogens is 1. The van der Waals surface area contributed by atoms with Gasteiger partial charge in [0, 0.05) is 12.4 Å². The van der Waals surface area contributed by atoms with Gasteiger partial charge in [-0.05, 0) is 42.5 Å². The summed E-state index contributed by atoms with van der Waals surface area (Å²) in [5.41, 5.74) is 0.765. The zero-order valence-electron chi connectivity index (χ0n) is 10.7. The van der Waals surface area contributed by atoms with Crippen LogP contribution >= 0.6 is 11.8 Å². The molecule has 2 rings (SSSR count). The molecule has 1 aromatic heterocycles. The normalized spacial score (nSPS) is 16.9. The minimum Gasteiger partial charge on any atom is -0.465 e. The van der Waals surface area contributed by atoms with Crippen LogP contribution in [0.5, 0.6) is 0 Å². The Hall–Kier alpha value is -2.15. The molecule has 0 unspecified atom stereocenters. The summed E-state index contributed by atoms with van der Waals surface area (Å²) in [5.74, 6) is -1.08. The van der Waals surface area contributed by atoms with Gasteiger partial charge in [-0.2, -0.15) is 0 Å². The number of esters is 1. The number of ether oxygens (including phenoxy) is 1. The number of imide groups is 1. The monoisotopic (exact) mass is 292 g/mol. The highest BCUT2D eigenvalue weighted by Gasteiger charge is 2.36. The van der Waals surface area contributed by atoms with Gasteiger partial charge in [0.2, 0.25) is 0 Å². The molecule has 1 saturated heterocycles. The third kappa shape index (κ3) is 3.24. The molecule has 0 aromatic carbocycles. The second kappa shape index (κ2) is 6.33. The van der Waals surface area contributed by atoms with Gasteiger partial charge in [-0.1, -0.05) is 0 Å². The summed E-state index contributed by atoms with van der Waals surface area (Å²) in [7, 11) is 0. The van der Waals surface area contributed by atoms with Crippen LogP contribution < -0.4 is 0 Å². The Morgan fingerprint density at radius 1 is 1.40 bits per heavy atom. The van der Waals surface area contributed by atoms with E-state index in [2.05, 4.69) is 4.98 Å². The van der Waals surface area contributed by atoms with E-state index in [4.69, 9.17) is 4.74 Å². The van der Waals surface area contributed by atoms with Crippen molar-refractivity contribution in [2.75, 3.05) is 13.2 Å². The van der Waals surface area contributed by atoms with Crippen molar-refractivity contribution < 1.29 is 19.1 Å². The highest BCUT2D eigenvalue weighted by atomic mass is 32.2. The molecule has 2 heterocycles. The van der Waals surface area contributed by atoms with E-state index < -0.39 is 17.1 Å². The number of amides is 2. The summed E-state index contributed by atoms with van der Waals surface area (Å²) in [4.78, 5) is 40.2. The van der Waals surface area contributed by atoms with Gasteiger partial charge in [0.25, 0.3) is 11.1 Å². The van der Waals surface area contributed by atoms with Gasteiger partial charge in [-0.15, -0.1) is 0 Å². The second-order valence-corrected chi connectivity index (χ2v) is 4.85. The lowest BCUT2D eigenvalue weighted by Gasteiger charge is -2.10. The van der Waals surface area contributed by atoms with Gasteiger partial charge in [0.1, 0.15) is 6.54 Å². The predicted molar refractivity (Wildman–Crippen MR) is 73.5 cm³/mol. The molecule has 7 heteroatoms. The van der Waals surface area contributed by atoms with Crippen molar-refractivity contribution in [2.24, 2.45) is 0 Å². The van der Waals surface area contributed by atoms with Crippen LogP contribution in [0.1, 0.15) is 12.5 Å². The van der Waals surface area contributed by atoms with E-state index in [1.54, 1.807) is 37.5 Å². The van der Waals surface area contributed by atoms with Crippen LogP contribution in [0.4, 0.5) is 4.79 Å². The molecule has 0 bridgehead atoms. The predicted octanol–water partition coefficient (Wildman–Crippen LogP) is 1.68. The topological polar surface area (TPSA) is 76.6 Å². The average Bonchev–Trinajstić information content (AvgIpc) is 2.68. The maximum Gasteiger partial charge on any atom is 0.326 e. The summed E-state index contributed by atoms with van der Waals surface area (Å²) >= 11 is 0.807. The number of carbonyl (C=O) groups is 3. The Bertz CT molecular complexity index is 571. The first-order valence-electron chi connectivity index (χ1n) is 5.93. The molecule has 6 nitrogen and oxygen atoms in total. The van der Waals surface area contributed by atoms with Crippen LogP contribution in [-0.4, -0.2) is 40.2 Å². The van der Waals surface area contributed by atoms with Crippen LogP contribution in [-0.2, 0) is 14.3 Å². The average molecular weight is 292 g/mol. The van der Waals surface area contributed by atoms with Crippen molar-refractivity contribution >= 4 is 35.0 Å². The summed E-state index contributed by atoms with van der Waals surface area (Å²) < 4.78 is 4.73. The number of thioether (sulfide) groups is 1. The molecule has 0 aliphatic carbocycles. The minimum absolute atomic E-state index is 0.210. The Labute approximate surface area is 119 Å². The molecule has 0 spiro atoms. The largest absolute Gasteiger partial charge is 0.465 e. The van der Waals surface area contributed by atoms with E-state index in [0.717, 1.165) is 22.2 Å². The molecule has 1 fully saturated rings. The van der Waals surface area contributed by atoms with Gasteiger partial charge in [-0.3, -0.25) is 24.3 Å². The lowest BCUT2D eigenvalue weighted by atomic mass is 10.2. The summed E-state index contributed by atoms with van der Waals surface area (Å²) in [6, 6.07) is 3.44. The fourth-order valence-electron chi connectivity index (χ4n) is 1.58. The molecule has 20 heavy (non-hydrogen) atoms. The molecule has 1 aromatic rings. The number of hydrogen-bond acceptors (Lipinski definition) is 6. The minimum atomic E-state index is -0.597. The van der Waals surface area contributed by atoms with Gasteiger partial charge in [-0.25, -0.2) is 0 Å². The SMILES string of the molecule is CCOC(=O)CN1C(=O)S/C(=C\c2ccncc2)C1=O. The molecule has 1 aliphatic heterocycles. The first-order valence-corrected chi connectivity index (χ1v) is 6.74. The van der Waals surface area contributed by atoms with E-state index in [0.29, 0.717) is 0 Å². The molecule has 0 N–H and O–H groups in total. The fraction of sp³-hybridized carbons (Fsp3) is 0.231. The number of nitrogens with zero attached hydrogens (tertiary/aromatic N) is 2. The molecule has 0 radical (unpaired) electrons. The van der Waals surface area contributed by atoms with Crippen molar-refractivity contribution in [3.05, 3.63) is 35.0 Å². The molecular formula is C13H12N2O4S. The third-order valence-corrected chi connectivity index (χ3v) is 3.38. The number of hydrogen-bond donors (Lipinski definition) is 0. The Kier molecular flexibility index (Phi) is 4.52. The van der Waals surface area contributed by atoms with Gasteiger partial charge >= 0.3 is 5.97 Å². The number of pyridine rings is 1. The zero-order valence-corrected chi connectivity index (χ0v) is 11.6. The standard InChI is InChI=1S/C13H12N2O4S/c1-2-19-11(16)8-15-12(17)10(20-13(15)18)7-9-3-5-14-6-4-9/h3-7H,2,8H2,1H3/b10-7-. The molecule has 2 amide bonds. The Morgan fingerprint density at radius 2 is 2.10 bits per heavy atom. The third-order valence-electron chi connectivity index (χ3n) is 2.47. The van der Waals surface area contributed by atoms with E-state index in [-0.39, 0.29) is 18.1 Å². The lowest BCUT2D eigenvalue weighted by molar-refractivity contribution is -0.145. The van der Waals surface area contributed by atoms with Gasteiger partial charge < -0.3 is 4.74 Å². The Balaban J connectivity index is 2.13. The maximum atomic E-state index is 12.1. The highest BCUT2D eigenvalue weighted by Crippen LogP contribution is 2.31. The first-order chi connectivity index (χ1) is 9.61. The lowest BCUT2D eigenvalue weighted by Crippen LogP contribution is -2.34. The van der Waals surface area contributed by atoms with Crippen molar-refractivity contribution in [3.8, 4) is 0 Å². The second-order valence-electron chi connectivity index (χ2n) is 3.85. The fourth-order valence-corrected chi connectivity index (χ4v) is 2.42. The number of rotatable bonds is 4. The van der Waals surface area contributed by atoms with Crippen LogP contribution in [0.25, 0.3) is 6.08 Å². The van der Waals surface area contributed by atoms with E-state index in [1.165, 1.54) is 0 Å². The van der Waals surface area contributed by atoms with Gasteiger partial charge in [0.15, 0.2) is 0 Å². The summed E-state index contributed by atoms with van der Waals surface area (Å²) in [5, 5.41) is -0.469.